The first-order chi connectivity index (χ1) is 10.1. The molecule has 1 aromatic heterocycles. The monoisotopic (exact) mass is 285 g/mol. The maximum atomic E-state index is 11.6. The minimum atomic E-state index is -0.509. The van der Waals surface area contributed by atoms with Crippen molar-refractivity contribution in [2.75, 3.05) is 0 Å². The molecule has 1 aliphatic rings. The van der Waals surface area contributed by atoms with Gasteiger partial charge in [-0.25, -0.2) is 4.79 Å². The molecule has 2 N–H and O–H groups in total. The van der Waals surface area contributed by atoms with E-state index in [0.29, 0.717) is 0 Å². The normalized spacial score (nSPS) is 20.5. The van der Waals surface area contributed by atoms with Crippen molar-refractivity contribution in [2.24, 2.45) is 5.92 Å². The van der Waals surface area contributed by atoms with Gasteiger partial charge in [0.05, 0.1) is 0 Å². The van der Waals surface area contributed by atoms with Crippen LogP contribution < -0.4 is 10.6 Å². The molecule has 0 spiro atoms. The molecule has 1 unspecified atom stereocenters. The van der Waals surface area contributed by atoms with Crippen LogP contribution in [0.25, 0.3) is 5.57 Å². The third kappa shape index (κ3) is 3.78. The summed E-state index contributed by atoms with van der Waals surface area (Å²) in [6.07, 6.45) is 10.5. The Hall–Kier alpha value is -2.43. The Morgan fingerprint density at radius 3 is 2.86 bits per heavy atom. The van der Waals surface area contributed by atoms with Gasteiger partial charge in [0.15, 0.2) is 0 Å². The number of imide groups is 1. The average molecular weight is 285 g/mol. The molecule has 0 aromatic carbocycles. The summed E-state index contributed by atoms with van der Waals surface area (Å²) in [4.78, 5) is 26.9. The average Bonchev–Trinajstić information content (AvgIpc) is 2.83. The number of pyridine rings is 1. The molecule has 2 atom stereocenters. The van der Waals surface area contributed by atoms with Crippen molar-refractivity contribution in [2.45, 2.75) is 26.3 Å². The van der Waals surface area contributed by atoms with Crippen LogP contribution in [0.2, 0.25) is 0 Å². The lowest BCUT2D eigenvalue weighted by atomic mass is 9.98. The molecule has 3 amide bonds. The maximum absolute atomic E-state index is 11.6. The lowest BCUT2D eigenvalue weighted by molar-refractivity contribution is -0.120. The highest BCUT2D eigenvalue weighted by atomic mass is 16.2. The minimum absolute atomic E-state index is 0.0895. The first-order valence-corrected chi connectivity index (χ1v) is 7.02. The Bertz CT molecular complexity index is 578. The van der Waals surface area contributed by atoms with Crippen LogP contribution in [0.5, 0.6) is 0 Å². The van der Waals surface area contributed by atoms with E-state index in [1.807, 2.05) is 31.2 Å². The van der Waals surface area contributed by atoms with E-state index < -0.39 is 12.1 Å². The number of allylic oxidation sites excluding steroid dienone is 3. The van der Waals surface area contributed by atoms with Crippen molar-refractivity contribution in [3.8, 4) is 0 Å². The van der Waals surface area contributed by atoms with Crippen LogP contribution in [0.15, 0.2) is 42.8 Å². The number of carbonyl (C=O) groups is 2. The van der Waals surface area contributed by atoms with E-state index in [9.17, 15) is 9.59 Å². The molecule has 1 aromatic rings. The number of amides is 3. The first-order valence-electron chi connectivity index (χ1n) is 7.02. The molecule has 1 saturated heterocycles. The molecular weight excluding hydrogens is 266 g/mol. The summed E-state index contributed by atoms with van der Waals surface area (Å²) in [5.41, 5.74) is 2.09. The summed E-state index contributed by atoms with van der Waals surface area (Å²) in [5, 5.41) is 4.86. The van der Waals surface area contributed by atoms with Crippen LogP contribution in [-0.2, 0) is 4.79 Å². The van der Waals surface area contributed by atoms with Crippen LogP contribution in [-0.4, -0.2) is 23.0 Å². The van der Waals surface area contributed by atoms with Crippen molar-refractivity contribution in [1.29, 1.82) is 0 Å². The van der Waals surface area contributed by atoms with Crippen molar-refractivity contribution in [3.63, 3.8) is 0 Å². The number of aromatic nitrogens is 1. The third-order valence-corrected chi connectivity index (χ3v) is 3.33. The zero-order valence-corrected chi connectivity index (χ0v) is 12.2. The summed E-state index contributed by atoms with van der Waals surface area (Å²) in [7, 11) is 0. The first kappa shape index (κ1) is 15.0. The van der Waals surface area contributed by atoms with Gasteiger partial charge in [-0.1, -0.05) is 38.1 Å². The summed E-state index contributed by atoms with van der Waals surface area (Å²) in [6.45, 7) is 3.97. The number of hydrogen-bond donors (Lipinski definition) is 2. The van der Waals surface area contributed by atoms with Crippen LogP contribution >= 0.6 is 0 Å². The highest BCUT2D eigenvalue weighted by molar-refractivity contribution is 6.04. The second-order valence-electron chi connectivity index (χ2n) is 4.97. The van der Waals surface area contributed by atoms with Crippen LogP contribution in [0.3, 0.4) is 0 Å². The van der Waals surface area contributed by atoms with E-state index in [2.05, 4.69) is 28.6 Å². The van der Waals surface area contributed by atoms with Gasteiger partial charge in [-0.15, -0.1) is 0 Å². The number of urea groups is 1. The largest absolute Gasteiger partial charge is 0.325 e. The fourth-order valence-electron chi connectivity index (χ4n) is 2.20. The molecule has 2 heterocycles. The minimum Gasteiger partial charge on any atom is -0.325 e. The van der Waals surface area contributed by atoms with E-state index in [1.54, 1.807) is 12.4 Å². The van der Waals surface area contributed by atoms with Gasteiger partial charge >= 0.3 is 6.03 Å². The lowest BCUT2D eigenvalue weighted by Gasteiger charge is -2.12. The predicted octanol–water partition coefficient (Wildman–Crippen LogP) is 2.28. The van der Waals surface area contributed by atoms with Gasteiger partial charge in [-0.2, -0.15) is 0 Å². The summed E-state index contributed by atoms with van der Waals surface area (Å²) >= 11 is 0. The smallest absolute Gasteiger partial charge is 0.322 e. The van der Waals surface area contributed by atoms with E-state index in [-0.39, 0.29) is 11.8 Å². The van der Waals surface area contributed by atoms with Gasteiger partial charge in [0.25, 0.3) is 5.91 Å². The molecular formula is C16H19N3O2. The number of rotatable bonds is 5. The predicted molar refractivity (Wildman–Crippen MR) is 81.3 cm³/mol. The summed E-state index contributed by atoms with van der Waals surface area (Å²) in [5.74, 6) is -0.368. The van der Waals surface area contributed by atoms with Gasteiger partial charge in [-0.05, 0) is 23.6 Å². The van der Waals surface area contributed by atoms with E-state index in [0.717, 1.165) is 17.6 Å². The van der Waals surface area contributed by atoms with Crippen molar-refractivity contribution >= 4 is 17.5 Å². The Morgan fingerprint density at radius 2 is 2.29 bits per heavy atom. The Morgan fingerprint density at radius 1 is 1.48 bits per heavy atom. The second kappa shape index (κ2) is 6.83. The molecule has 110 valence electrons. The molecule has 5 nitrogen and oxygen atoms in total. The van der Waals surface area contributed by atoms with Gasteiger partial charge in [-0.3, -0.25) is 15.1 Å². The molecule has 0 bridgehead atoms. The van der Waals surface area contributed by atoms with Crippen molar-refractivity contribution in [3.05, 3.63) is 48.3 Å². The molecule has 21 heavy (non-hydrogen) atoms. The number of nitrogens with one attached hydrogen (secondary N) is 2. The Balaban J connectivity index is 2.12. The number of carbonyl (C=O) groups excluding carboxylic acids is 2. The fraction of sp³-hybridized carbons (Fsp3) is 0.312. The number of nitrogens with zero attached hydrogens (tertiary/aromatic N) is 1. The highest BCUT2D eigenvalue weighted by Gasteiger charge is 2.32. The van der Waals surface area contributed by atoms with Crippen LogP contribution in [0.4, 0.5) is 4.79 Å². The van der Waals surface area contributed by atoms with Gasteiger partial charge in [0, 0.05) is 18.3 Å². The molecule has 5 heteroatoms. The zero-order chi connectivity index (χ0) is 15.2. The van der Waals surface area contributed by atoms with E-state index in [4.69, 9.17) is 0 Å². The second-order valence-corrected chi connectivity index (χ2v) is 4.97. The molecule has 1 aliphatic heterocycles. The van der Waals surface area contributed by atoms with Crippen molar-refractivity contribution in [1.82, 2.24) is 15.6 Å². The van der Waals surface area contributed by atoms with Gasteiger partial charge in [0.2, 0.25) is 0 Å². The molecule has 1 fully saturated rings. The van der Waals surface area contributed by atoms with Gasteiger partial charge < -0.3 is 5.32 Å². The molecule has 0 radical (unpaired) electrons. The summed E-state index contributed by atoms with van der Waals surface area (Å²) < 4.78 is 0. The Kier molecular flexibility index (Phi) is 4.87. The standard InChI is InChI=1S/C16H19N3O2/c1-3-5-12(13-6-4-9-17-10-13)8-7-11(2)14-15(20)19-16(21)18-14/h4-11,14H,3H2,1-2H3,(H2,18,19,20,21)/b8-7-,12-5+/t11?,14-/m1/s1. The van der Waals surface area contributed by atoms with Crippen LogP contribution in [0, 0.1) is 5.92 Å². The lowest BCUT2D eigenvalue weighted by Crippen LogP contribution is -2.34. The van der Waals surface area contributed by atoms with Crippen molar-refractivity contribution < 1.29 is 9.59 Å². The van der Waals surface area contributed by atoms with E-state index >= 15 is 0 Å². The molecule has 0 saturated carbocycles. The zero-order valence-electron chi connectivity index (χ0n) is 12.2. The third-order valence-electron chi connectivity index (χ3n) is 3.33. The summed E-state index contributed by atoms with van der Waals surface area (Å²) in [6, 6.07) is 2.95. The topological polar surface area (TPSA) is 71.1 Å². The fourth-order valence-corrected chi connectivity index (χ4v) is 2.20. The van der Waals surface area contributed by atoms with Crippen LogP contribution in [0.1, 0.15) is 25.8 Å². The van der Waals surface area contributed by atoms with Gasteiger partial charge in [0.1, 0.15) is 6.04 Å². The Labute approximate surface area is 124 Å². The van der Waals surface area contributed by atoms with E-state index in [1.165, 1.54) is 0 Å². The molecule has 0 aliphatic carbocycles. The SMILES string of the molecule is CC/C=C(\C=C/C(C)[C@H]1NC(=O)NC1=O)c1cccnc1. The number of hydrogen-bond acceptors (Lipinski definition) is 3. The maximum Gasteiger partial charge on any atom is 0.322 e. The quantitative estimate of drug-likeness (QED) is 0.644. The highest BCUT2D eigenvalue weighted by Crippen LogP contribution is 2.18. The molecule has 2 rings (SSSR count).